The Balaban J connectivity index is 1.24. The molecule has 4 rings (SSSR count). The molecule has 1 atom stereocenters. The number of piperazine rings is 2. The van der Waals surface area contributed by atoms with Crippen molar-refractivity contribution in [1.82, 2.24) is 20.0 Å². The second-order valence-electron chi connectivity index (χ2n) is 9.13. The zero-order valence-electron chi connectivity index (χ0n) is 20.0. The first-order valence-corrected chi connectivity index (χ1v) is 12.0. The van der Waals surface area contributed by atoms with Crippen molar-refractivity contribution in [2.45, 2.75) is 13.0 Å². The highest BCUT2D eigenvalue weighted by atomic mass is 19.1. The standard InChI is InChI=1S/C23H33FN6O5/c1-17(31)25-15-19-16-30(23(34)35-19)18-2-3-21(20(24)14-18)28-10-6-26(7-11-28)4-5-27-8-12-29(13-9-27)22(32)33/h2-3,14,19H,4-13,15-16H2,1H3,(H,25,31)(H,32,33)/t19-/m0/s1. The van der Waals surface area contributed by atoms with E-state index < -0.39 is 18.3 Å². The van der Waals surface area contributed by atoms with E-state index in [1.165, 1.54) is 22.8 Å². The molecule has 0 aromatic heterocycles. The number of nitrogens with one attached hydrogen (secondary N) is 1. The van der Waals surface area contributed by atoms with Gasteiger partial charge in [-0.15, -0.1) is 0 Å². The normalized spacial score (nSPS) is 21.8. The van der Waals surface area contributed by atoms with E-state index in [-0.39, 0.29) is 24.8 Å². The Morgan fingerprint density at radius 3 is 2.26 bits per heavy atom. The number of nitrogens with zero attached hydrogens (tertiary/aromatic N) is 5. The Morgan fingerprint density at radius 1 is 1.06 bits per heavy atom. The molecule has 3 heterocycles. The molecule has 0 aliphatic carbocycles. The number of carbonyl (C=O) groups excluding carboxylic acids is 2. The number of hydrogen-bond donors (Lipinski definition) is 2. The maximum atomic E-state index is 15.0. The van der Waals surface area contributed by atoms with E-state index in [9.17, 15) is 18.8 Å². The van der Waals surface area contributed by atoms with Crippen LogP contribution in [-0.2, 0) is 9.53 Å². The van der Waals surface area contributed by atoms with Crippen LogP contribution < -0.4 is 15.1 Å². The molecular weight excluding hydrogens is 459 g/mol. The summed E-state index contributed by atoms with van der Waals surface area (Å²) in [6, 6.07) is 4.79. The molecule has 3 amide bonds. The zero-order valence-corrected chi connectivity index (χ0v) is 20.0. The van der Waals surface area contributed by atoms with Crippen LogP contribution in [0.2, 0.25) is 0 Å². The molecule has 0 radical (unpaired) electrons. The van der Waals surface area contributed by atoms with Gasteiger partial charge in [-0.25, -0.2) is 14.0 Å². The summed E-state index contributed by atoms with van der Waals surface area (Å²) in [6.07, 6.45) is -1.87. The van der Waals surface area contributed by atoms with Crippen LogP contribution in [0.5, 0.6) is 0 Å². The summed E-state index contributed by atoms with van der Waals surface area (Å²) in [6.45, 7) is 9.30. The van der Waals surface area contributed by atoms with Gasteiger partial charge in [-0.3, -0.25) is 19.5 Å². The first-order valence-electron chi connectivity index (χ1n) is 12.0. The van der Waals surface area contributed by atoms with E-state index in [0.29, 0.717) is 37.6 Å². The van der Waals surface area contributed by atoms with E-state index >= 15 is 0 Å². The lowest BCUT2D eigenvalue weighted by atomic mass is 10.2. The molecule has 1 aromatic rings. The van der Waals surface area contributed by atoms with Gasteiger partial charge in [0.1, 0.15) is 11.9 Å². The van der Waals surface area contributed by atoms with Crippen molar-refractivity contribution in [3.8, 4) is 0 Å². The average molecular weight is 493 g/mol. The van der Waals surface area contributed by atoms with Gasteiger partial charge < -0.3 is 25.0 Å². The van der Waals surface area contributed by atoms with Crippen molar-refractivity contribution < 1.29 is 28.6 Å². The van der Waals surface area contributed by atoms with Gasteiger partial charge in [-0.2, -0.15) is 0 Å². The Hall–Kier alpha value is -3.12. The van der Waals surface area contributed by atoms with Gasteiger partial charge in [-0.05, 0) is 18.2 Å². The Kier molecular flexibility index (Phi) is 7.91. The van der Waals surface area contributed by atoms with Gasteiger partial charge in [0.05, 0.1) is 24.5 Å². The molecule has 12 heteroatoms. The van der Waals surface area contributed by atoms with E-state index in [2.05, 4.69) is 15.1 Å². The van der Waals surface area contributed by atoms with Crippen LogP contribution in [0.3, 0.4) is 0 Å². The predicted molar refractivity (Wildman–Crippen MR) is 127 cm³/mol. The monoisotopic (exact) mass is 492 g/mol. The summed E-state index contributed by atoms with van der Waals surface area (Å²) < 4.78 is 20.3. The summed E-state index contributed by atoms with van der Waals surface area (Å²) in [5, 5.41) is 11.7. The maximum absolute atomic E-state index is 15.0. The summed E-state index contributed by atoms with van der Waals surface area (Å²) in [7, 11) is 0. The fourth-order valence-corrected chi connectivity index (χ4v) is 4.67. The van der Waals surface area contributed by atoms with Gasteiger partial charge in [0.15, 0.2) is 0 Å². The average Bonchev–Trinajstić information content (AvgIpc) is 3.22. The molecule has 0 bridgehead atoms. The molecule has 0 spiro atoms. The highest BCUT2D eigenvalue weighted by Crippen LogP contribution is 2.28. The number of amides is 3. The number of cyclic esters (lactones) is 1. The molecule has 3 saturated heterocycles. The van der Waals surface area contributed by atoms with Crippen LogP contribution in [0.25, 0.3) is 0 Å². The molecule has 0 saturated carbocycles. The highest BCUT2D eigenvalue weighted by molar-refractivity contribution is 5.90. The minimum Gasteiger partial charge on any atom is -0.465 e. The van der Waals surface area contributed by atoms with Crippen molar-refractivity contribution in [1.29, 1.82) is 0 Å². The molecule has 3 fully saturated rings. The van der Waals surface area contributed by atoms with Crippen molar-refractivity contribution in [3.63, 3.8) is 0 Å². The molecule has 192 valence electrons. The van der Waals surface area contributed by atoms with Gasteiger partial charge in [0.2, 0.25) is 5.91 Å². The molecule has 3 aliphatic rings. The van der Waals surface area contributed by atoms with E-state index in [0.717, 1.165) is 39.3 Å². The van der Waals surface area contributed by atoms with Gasteiger partial charge in [0.25, 0.3) is 0 Å². The lowest BCUT2D eigenvalue weighted by Crippen LogP contribution is -2.52. The molecule has 0 unspecified atom stereocenters. The van der Waals surface area contributed by atoms with E-state index in [1.54, 1.807) is 12.1 Å². The third-order valence-corrected chi connectivity index (χ3v) is 6.78. The summed E-state index contributed by atoms with van der Waals surface area (Å²) in [4.78, 5) is 43.8. The first-order chi connectivity index (χ1) is 16.8. The molecule has 3 aliphatic heterocycles. The van der Waals surface area contributed by atoms with Crippen LogP contribution in [0, 0.1) is 5.82 Å². The lowest BCUT2D eigenvalue weighted by Gasteiger charge is -2.38. The molecular formula is C23H33FN6O5. The van der Waals surface area contributed by atoms with Crippen LogP contribution in [-0.4, -0.2) is 123 Å². The highest BCUT2D eigenvalue weighted by Gasteiger charge is 2.33. The molecule has 2 N–H and O–H groups in total. The number of anilines is 2. The number of benzene rings is 1. The predicted octanol–water partition coefficient (Wildman–Crippen LogP) is 0.705. The number of carboxylic acid groups (broad SMARTS) is 1. The second kappa shape index (κ2) is 11.1. The van der Waals surface area contributed by atoms with E-state index in [1.807, 2.05) is 4.90 Å². The quantitative estimate of drug-likeness (QED) is 0.573. The zero-order chi connectivity index (χ0) is 24.9. The van der Waals surface area contributed by atoms with Gasteiger partial charge in [0, 0.05) is 72.4 Å². The Labute approximate surface area is 204 Å². The first kappa shape index (κ1) is 25.0. The van der Waals surface area contributed by atoms with Crippen molar-refractivity contribution >= 4 is 29.5 Å². The molecule has 1 aromatic carbocycles. The minimum atomic E-state index is -0.854. The molecule has 35 heavy (non-hydrogen) atoms. The SMILES string of the molecule is CC(=O)NC[C@H]1CN(c2ccc(N3CCN(CCN4CCN(C(=O)O)CC4)CC3)c(F)c2)C(=O)O1. The Morgan fingerprint density at radius 2 is 1.69 bits per heavy atom. The number of hydrogen-bond acceptors (Lipinski definition) is 7. The third-order valence-electron chi connectivity index (χ3n) is 6.78. The van der Waals surface area contributed by atoms with Crippen LogP contribution in [0.4, 0.5) is 25.4 Å². The topological polar surface area (TPSA) is 109 Å². The fraction of sp³-hybridized carbons (Fsp3) is 0.609. The van der Waals surface area contributed by atoms with Gasteiger partial charge >= 0.3 is 12.2 Å². The second-order valence-corrected chi connectivity index (χ2v) is 9.13. The number of carbonyl (C=O) groups is 3. The van der Waals surface area contributed by atoms with Crippen molar-refractivity contribution in [2.24, 2.45) is 0 Å². The third kappa shape index (κ3) is 6.31. The van der Waals surface area contributed by atoms with Crippen molar-refractivity contribution in [3.05, 3.63) is 24.0 Å². The van der Waals surface area contributed by atoms with E-state index in [4.69, 9.17) is 9.84 Å². The lowest BCUT2D eigenvalue weighted by molar-refractivity contribution is -0.119. The number of rotatable bonds is 7. The van der Waals surface area contributed by atoms with Crippen molar-refractivity contribution in [2.75, 3.05) is 88.3 Å². The number of ether oxygens (including phenoxy) is 1. The minimum absolute atomic E-state index is 0.200. The van der Waals surface area contributed by atoms with Crippen LogP contribution in [0.1, 0.15) is 6.92 Å². The molecule has 11 nitrogen and oxygen atoms in total. The summed E-state index contributed by atoms with van der Waals surface area (Å²) in [5.74, 6) is -0.584. The Bertz CT molecular complexity index is 933. The largest absolute Gasteiger partial charge is 0.465 e. The van der Waals surface area contributed by atoms with Gasteiger partial charge in [-0.1, -0.05) is 0 Å². The van der Waals surface area contributed by atoms with Crippen LogP contribution >= 0.6 is 0 Å². The summed E-state index contributed by atoms with van der Waals surface area (Å²) >= 11 is 0. The number of halogens is 1. The summed E-state index contributed by atoms with van der Waals surface area (Å²) in [5.41, 5.74) is 0.948. The fourth-order valence-electron chi connectivity index (χ4n) is 4.67. The smallest absolute Gasteiger partial charge is 0.414 e. The van der Waals surface area contributed by atoms with Crippen LogP contribution in [0.15, 0.2) is 18.2 Å². The maximum Gasteiger partial charge on any atom is 0.414 e.